The molecule has 9 nitrogen and oxygen atoms in total. The van der Waals surface area contributed by atoms with E-state index >= 15 is 0 Å². The number of ether oxygens (including phenoxy) is 4. The van der Waals surface area contributed by atoms with E-state index in [1.807, 2.05) is 43.3 Å². The van der Waals surface area contributed by atoms with Gasteiger partial charge in [0.2, 0.25) is 0 Å². The smallest absolute Gasteiger partial charge is 0.323 e. The van der Waals surface area contributed by atoms with Gasteiger partial charge in [0.1, 0.15) is 44.0 Å². The quantitative estimate of drug-likeness (QED) is 0.211. The number of aliphatic carboxylic acids is 1. The average Bonchev–Trinajstić information content (AvgIpc) is 3.44. The van der Waals surface area contributed by atoms with Gasteiger partial charge in [-0.2, -0.15) is 5.26 Å². The van der Waals surface area contributed by atoms with Crippen molar-refractivity contribution < 1.29 is 34.0 Å². The molecular formula is C36H33ClN2O7. The molecule has 1 saturated heterocycles. The minimum atomic E-state index is -1.08. The monoisotopic (exact) mass is 640 g/mol. The average molecular weight is 641 g/mol. The number of carboxylic acids is 1. The van der Waals surface area contributed by atoms with Crippen LogP contribution in [0.4, 0.5) is 0 Å². The lowest BCUT2D eigenvalue weighted by atomic mass is 9.96. The first-order valence-corrected chi connectivity index (χ1v) is 15.4. The van der Waals surface area contributed by atoms with Gasteiger partial charge in [-0.1, -0.05) is 48.0 Å². The zero-order valence-electron chi connectivity index (χ0n) is 25.2. The summed E-state index contributed by atoms with van der Waals surface area (Å²) in [5.74, 6) is 1.25. The van der Waals surface area contributed by atoms with Crippen molar-refractivity contribution in [2.45, 2.75) is 45.2 Å². The van der Waals surface area contributed by atoms with Crippen LogP contribution >= 0.6 is 11.6 Å². The van der Waals surface area contributed by atoms with Crippen molar-refractivity contribution >= 4 is 17.6 Å². The molecule has 0 bridgehead atoms. The normalized spacial score (nSPS) is 17.3. The topological polar surface area (TPSA) is 121 Å². The second kappa shape index (κ2) is 13.7. The number of hydrogen-bond donors (Lipinski definition) is 2. The number of hydrogen-bond acceptors (Lipinski definition) is 8. The van der Waals surface area contributed by atoms with E-state index in [4.69, 9.17) is 30.5 Å². The maximum atomic E-state index is 11.9. The van der Waals surface area contributed by atoms with Gasteiger partial charge in [0.15, 0.2) is 11.5 Å². The van der Waals surface area contributed by atoms with Crippen molar-refractivity contribution in [2.24, 2.45) is 0 Å². The van der Waals surface area contributed by atoms with Gasteiger partial charge in [0.05, 0.1) is 22.8 Å². The van der Waals surface area contributed by atoms with E-state index in [0.717, 1.165) is 39.3 Å². The summed E-state index contributed by atoms with van der Waals surface area (Å²) in [6, 6.07) is 23.6. The molecule has 236 valence electrons. The lowest BCUT2D eigenvalue weighted by molar-refractivity contribution is -0.145. The summed E-state index contributed by atoms with van der Waals surface area (Å²) in [5.41, 5.74) is 6.05. The number of carbonyl (C=O) groups is 1. The van der Waals surface area contributed by atoms with Gasteiger partial charge in [-0.3, -0.25) is 9.69 Å². The molecule has 4 aromatic rings. The Bertz CT molecular complexity index is 1800. The van der Waals surface area contributed by atoms with Gasteiger partial charge in [-0.05, 0) is 71.5 Å². The molecule has 0 saturated carbocycles. The van der Waals surface area contributed by atoms with E-state index in [-0.39, 0.29) is 19.8 Å². The Labute approximate surface area is 272 Å². The summed E-state index contributed by atoms with van der Waals surface area (Å²) < 4.78 is 24.0. The summed E-state index contributed by atoms with van der Waals surface area (Å²) >= 11 is 6.75. The SMILES string of the molecule is Cc1c(COc2cc(OCc3cccc(C#N)c3)c(CN3CCC(O)C3C(=O)O)cc2Cl)cccc1-c1ccc2c(c1)OCCO2. The van der Waals surface area contributed by atoms with Crippen LogP contribution in [0.3, 0.4) is 0 Å². The van der Waals surface area contributed by atoms with Crippen LogP contribution in [-0.2, 0) is 24.6 Å². The van der Waals surface area contributed by atoms with E-state index in [1.54, 1.807) is 35.2 Å². The standard InChI is InChI=1S/C36H33ClN2O7/c1-22-26(6-3-7-28(22)25-8-9-31-34(16-25)44-13-12-43-31)21-46-33-17-32(45-20-24-5-2-4-23(14-24)18-38)27(15-29(33)37)19-39-11-10-30(40)35(39)36(41)42/h2-9,14-17,30,35,40H,10-13,19-21H2,1H3,(H,41,42). The number of halogens is 1. The van der Waals surface area contributed by atoms with Crippen LogP contribution in [-0.4, -0.2) is 53.0 Å². The molecule has 2 unspecified atom stereocenters. The highest BCUT2D eigenvalue weighted by molar-refractivity contribution is 6.32. The van der Waals surface area contributed by atoms with E-state index in [0.29, 0.717) is 53.8 Å². The number of aliphatic hydroxyl groups is 1. The summed E-state index contributed by atoms with van der Waals surface area (Å²) in [7, 11) is 0. The predicted molar refractivity (Wildman–Crippen MR) is 171 cm³/mol. The Balaban J connectivity index is 1.25. The summed E-state index contributed by atoms with van der Waals surface area (Å²) in [4.78, 5) is 13.6. The molecule has 2 N–H and O–H groups in total. The number of aliphatic hydroxyl groups excluding tert-OH is 1. The maximum absolute atomic E-state index is 11.9. The Morgan fingerprint density at radius 1 is 0.978 bits per heavy atom. The van der Waals surface area contributed by atoms with Gasteiger partial charge < -0.3 is 29.2 Å². The van der Waals surface area contributed by atoms with Crippen molar-refractivity contribution in [3.8, 4) is 40.2 Å². The lowest BCUT2D eigenvalue weighted by Gasteiger charge is -2.24. The van der Waals surface area contributed by atoms with Crippen LogP contribution in [0.15, 0.2) is 72.8 Å². The molecule has 0 aromatic heterocycles. The molecule has 0 radical (unpaired) electrons. The Kier molecular flexibility index (Phi) is 9.31. The molecule has 0 spiro atoms. The van der Waals surface area contributed by atoms with E-state index in [9.17, 15) is 20.3 Å². The highest BCUT2D eigenvalue weighted by Gasteiger charge is 2.38. The van der Waals surface area contributed by atoms with Crippen molar-refractivity contribution in [2.75, 3.05) is 19.8 Å². The fourth-order valence-electron chi connectivity index (χ4n) is 5.91. The largest absolute Gasteiger partial charge is 0.488 e. The molecule has 6 rings (SSSR count). The molecule has 2 atom stereocenters. The molecule has 0 amide bonds. The van der Waals surface area contributed by atoms with Crippen molar-refractivity contribution in [3.05, 3.63) is 106 Å². The van der Waals surface area contributed by atoms with Crippen LogP contribution in [0.2, 0.25) is 5.02 Å². The van der Waals surface area contributed by atoms with Crippen LogP contribution in [0.25, 0.3) is 11.1 Å². The van der Waals surface area contributed by atoms with E-state index < -0.39 is 18.1 Å². The molecule has 2 aliphatic heterocycles. The molecule has 2 aliphatic rings. The number of rotatable bonds is 10. The van der Waals surface area contributed by atoms with E-state index in [2.05, 4.69) is 12.1 Å². The zero-order valence-corrected chi connectivity index (χ0v) is 26.0. The number of fused-ring (bicyclic) bond motifs is 1. The van der Waals surface area contributed by atoms with Crippen molar-refractivity contribution in [1.29, 1.82) is 5.26 Å². The third-order valence-electron chi connectivity index (χ3n) is 8.34. The predicted octanol–water partition coefficient (Wildman–Crippen LogP) is 6.14. The summed E-state index contributed by atoms with van der Waals surface area (Å²) in [6.45, 7) is 4.13. The number of nitrogens with zero attached hydrogens (tertiary/aromatic N) is 2. The van der Waals surface area contributed by atoms with Gasteiger partial charge >= 0.3 is 5.97 Å². The zero-order chi connectivity index (χ0) is 32.2. The number of nitriles is 1. The van der Waals surface area contributed by atoms with Crippen LogP contribution < -0.4 is 18.9 Å². The fourth-order valence-corrected chi connectivity index (χ4v) is 6.15. The third kappa shape index (κ3) is 6.75. The van der Waals surface area contributed by atoms with Crippen LogP contribution in [0, 0.1) is 18.3 Å². The molecule has 2 heterocycles. The van der Waals surface area contributed by atoms with Gasteiger partial charge in [-0.25, -0.2) is 0 Å². The first kappa shape index (κ1) is 31.2. The molecule has 1 fully saturated rings. The maximum Gasteiger partial charge on any atom is 0.323 e. The first-order valence-electron chi connectivity index (χ1n) is 15.0. The van der Waals surface area contributed by atoms with Crippen molar-refractivity contribution in [3.63, 3.8) is 0 Å². The van der Waals surface area contributed by atoms with Crippen LogP contribution in [0.1, 0.15) is 34.2 Å². The Hall–Kier alpha value is -4.75. The fraction of sp³-hybridized carbons (Fsp3) is 0.278. The van der Waals surface area contributed by atoms with Gasteiger partial charge in [0.25, 0.3) is 0 Å². The summed E-state index contributed by atoms with van der Waals surface area (Å²) in [6.07, 6.45) is -0.608. The Morgan fingerprint density at radius 2 is 1.76 bits per heavy atom. The number of benzene rings is 4. The van der Waals surface area contributed by atoms with Gasteiger partial charge in [-0.15, -0.1) is 0 Å². The highest BCUT2D eigenvalue weighted by Crippen LogP contribution is 2.38. The second-order valence-electron chi connectivity index (χ2n) is 11.3. The third-order valence-corrected chi connectivity index (χ3v) is 8.64. The van der Waals surface area contributed by atoms with E-state index in [1.165, 1.54) is 0 Å². The van der Waals surface area contributed by atoms with Crippen LogP contribution in [0.5, 0.6) is 23.0 Å². The number of likely N-dealkylation sites (tertiary alicyclic amines) is 1. The molecule has 10 heteroatoms. The molecule has 0 aliphatic carbocycles. The number of carboxylic acid groups (broad SMARTS) is 1. The minimum absolute atomic E-state index is 0.172. The second-order valence-corrected chi connectivity index (χ2v) is 11.7. The summed E-state index contributed by atoms with van der Waals surface area (Å²) in [5, 5.41) is 29.7. The van der Waals surface area contributed by atoms with Gasteiger partial charge in [0, 0.05) is 24.7 Å². The molecular weight excluding hydrogens is 608 g/mol. The minimum Gasteiger partial charge on any atom is -0.488 e. The highest BCUT2D eigenvalue weighted by atomic mass is 35.5. The lowest BCUT2D eigenvalue weighted by Crippen LogP contribution is -2.41. The van der Waals surface area contributed by atoms with Crippen molar-refractivity contribution in [1.82, 2.24) is 4.90 Å². The Morgan fingerprint density at radius 3 is 2.57 bits per heavy atom. The first-order chi connectivity index (χ1) is 22.3. The molecule has 4 aromatic carbocycles. The molecule has 46 heavy (non-hydrogen) atoms.